The van der Waals surface area contributed by atoms with Crippen molar-refractivity contribution in [3.05, 3.63) is 65.5 Å². The third kappa shape index (κ3) is 3.07. The maximum atomic E-state index is 12.4. The number of rotatable bonds is 3. The molecule has 1 aromatic heterocycles. The number of nitrogens with one attached hydrogen (secondary N) is 1. The van der Waals surface area contributed by atoms with Crippen LogP contribution in [0.25, 0.3) is 10.8 Å². The maximum absolute atomic E-state index is 12.4. The summed E-state index contributed by atoms with van der Waals surface area (Å²) in [6.07, 6.45) is 18.4. The molecule has 2 spiro atoms. The van der Waals surface area contributed by atoms with E-state index < -0.39 is 10.0 Å². The van der Waals surface area contributed by atoms with Gasteiger partial charge in [0.05, 0.1) is 24.5 Å². The van der Waals surface area contributed by atoms with Gasteiger partial charge in [0.25, 0.3) is 10.0 Å². The van der Waals surface area contributed by atoms with Gasteiger partial charge in [-0.2, -0.15) is 8.42 Å². The highest BCUT2D eigenvalue weighted by Gasteiger charge is 2.67. The Bertz CT molecular complexity index is 1430. The Hall–Kier alpha value is -2.02. The number of pyridine rings is 1. The lowest BCUT2D eigenvalue weighted by Gasteiger charge is -2.54. The minimum absolute atomic E-state index is 0.0929. The summed E-state index contributed by atoms with van der Waals surface area (Å²) in [4.78, 5) is 4.36. The summed E-state index contributed by atoms with van der Waals surface area (Å²) in [5.41, 5.74) is 3.92. The van der Waals surface area contributed by atoms with E-state index in [9.17, 15) is 8.42 Å². The summed E-state index contributed by atoms with van der Waals surface area (Å²) < 4.78 is 32.7. The lowest BCUT2D eigenvalue weighted by Crippen LogP contribution is -3.15. The molecule has 3 aliphatic carbocycles. The Morgan fingerprint density at radius 1 is 1.11 bits per heavy atom. The number of aromatic nitrogens is 1. The van der Waals surface area contributed by atoms with Crippen LogP contribution in [-0.4, -0.2) is 43.9 Å². The van der Waals surface area contributed by atoms with Crippen molar-refractivity contribution in [1.29, 1.82) is 0 Å². The van der Waals surface area contributed by atoms with E-state index in [1.807, 2.05) is 19.4 Å². The number of allylic oxidation sites excluding steroid dienone is 1. The van der Waals surface area contributed by atoms with Gasteiger partial charge in [0.1, 0.15) is 6.04 Å². The zero-order chi connectivity index (χ0) is 24.9. The van der Waals surface area contributed by atoms with Gasteiger partial charge in [0, 0.05) is 30.6 Å². The predicted molar refractivity (Wildman–Crippen MR) is 141 cm³/mol. The summed E-state index contributed by atoms with van der Waals surface area (Å²) in [6.45, 7) is 2.50. The first kappa shape index (κ1) is 23.1. The van der Waals surface area contributed by atoms with Crippen molar-refractivity contribution in [2.75, 3.05) is 13.3 Å². The first-order valence-electron chi connectivity index (χ1n) is 13.6. The van der Waals surface area contributed by atoms with Gasteiger partial charge in [-0.1, -0.05) is 31.2 Å². The molecule has 3 heterocycles. The second-order valence-electron chi connectivity index (χ2n) is 12.5. The molecule has 7 atom stereocenters. The molecular formula is C30H37N2O3S+. The normalized spacial score (nSPS) is 40.1. The second-order valence-corrected chi connectivity index (χ2v) is 14.7. The fourth-order valence-corrected chi connectivity index (χ4v) is 9.73. The van der Waals surface area contributed by atoms with Crippen LogP contribution in [0.4, 0.5) is 0 Å². The summed E-state index contributed by atoms with van der Waals surface area (Å²) in [7, 11) is -1.32. The van der Waals surface area contributed by atoms with Crippen LogP contribution >= 0.6 is 0 Å². The van der Waals surface area contributed by atoms with Crippen LogP contribution in [0.3, 0.4) is 0 Å². The van der Waals surface area contributed by atoms with Crippen molar-refractivity contribution < 1.29 is 17.5 Å². The summed E-state index contributed by atoms with van der Waals surface area (Å²) in [6, 6.07) is 9.14. The average molecular weight is 506 g/mol. The minimum atomic E-state index is -3.14. The molecule has 6 heteroatoms. The van der Waals surface area contributed by atoms with Crippen LogP contribution in [-0.2, 0) is 14.8 Å². The highest BCUT2D eigenvalue weighted by Crippen LogP contribution is 2.69. The van der Waals surface area contributed by atoms with Crippen LogP contribution in [0.1, 0.15) is 69.8 Å². The molecule has 1 N–H and O–H groups in total. The van der Waals surface area contributed by atoms with Crippen LogP contribution in [0.5, 0.6) is 0 Å². The number of benzene rings is 1. The molecule has 190 valence electrons. The fraction of sp³-hybridized carbons (Fsp3) is 0.567. The van der Waals surface area contributed by atoms with Crippen molar-refractivity contribution in [1.82, 2.24) is 4.98 Å². The molecule has 2 bridgehead atoms. The van der Waals surface area contributed by atoms with Crippen molar-refractivity contribution in [2.45, 2.75) is 81.5 Å². The molecule has 1 aromatic carbocycles. The van der Waals surface area contributed by atoms with E-state index >= 15 is 0 Å². The largest absolute Gasteiger partial charge is 0.359 e. The van der Waals surface area contributed by atoms with Gasteiger partial charge < -0.3 is 4.74 Å². The average Bonchev–Trinajstić information content (AvgIpc) is 3.37. The summed E-state index contributed by atoms with van der Waals surface area (Å²) >= 11 is 0. The van der Waals surface area contributed by atoms with E-state index in [1.54, 1.807) is 0 Å². The SMILES string of the molecule is C[NH+](C1CCC2=CC3=CCC4(C)C(c5ccc6ccncc6c5)CCC4C34CCC2(C1)O4)S(C)(=O)=O. The number of fused-ring (bicyclic) bond motifs is 2. The molecule has 7 rings (SSSR count). The van der Waals surface area contributed by atoms with Gasteiger partial charge in [-0.25, -0.2) is 4.31 Å². The number of nitrogens with zero attached hydrogens (tertiary/aromatic N) is 1. The van der Waals surface area contributed by atoms with Gasteiger partial charge in [-0.3, -0.25) is 4.98 Å². The van der Waals surface area contributed by atoms with E-state index in [1.165, 1.54) is 46.6 Å². The highest BCUT2D eigenvalue weighted by molar-refractivity contribution is 7.84. The van der Waals surface area contributed by atoms with E-state index in [0.29, 0.717) is 16.1 Å². The predicted octanol–water partition coefficient (Wildman–Crippen LogP) is 4.32. The number of sulfonamides is 1. The molecule has 2 aliphatic heterocycles. The molecule has 2 aromatic rings. The molecule has 0 amide bonds. The number of hydrogen-bond acceptors (Lipinski definition) is 4. The standard InChI is InChI=1S/C30H36N2O3S/c1-28-12-10-24-17-23-6-7-25(32(2)36(3,33)34)18-29(23)13-14-30(24,35-29)27(28)9-8-26(28)21-5-4-20-11-15-31-19-22(20)16-21/h4-5,10-11,15-17,19,25-27H,6-9,12-14,18H2,1-3H3/p+1. The molecule has 2 saturated carbocycles. The molecule has 3 fully saturated rings. The van der Waals surface area contributed by atoms with E-state index in [-0.39, 0.29) is 22.7 Å². The third-order valence-corrected chi connectivity index (χ3v) is 12.4. The molecule has 1 saturated heterocycles. The monoisotopic (exact) mass is 505 g/mol. The first-order valence-corrected chi connectivity index (χ1v) is 15.5. The Morgan fingerprint density at radius 3 is 2.81 bits per heavy atom. The van der Waals surface area contributed by atoms with Gasteiger partial charge in [-0.05, 0) is 90.0 Å². The van der Waals surface area contributed by atoms with Crippen LogP contribution in [0, 0.1) is 11.3 Å². The van der Waals surface area contributed by atoms with Crippen LogP contribution in [0.15, 0.2) is 60.0 Å². The minimum Gasteiger partial charge on any atom is -0.359 e. The maximum Gasteiger partial charge on any atom is 0.292 e. The first-order chi connectivity index (χ1) is 17.1. The molecule has 36 heavy (non-hydrogen) atoms. The van der Waals surface area contributed by atoms with E-state index in [0.717, 1.165) is 38.5 Å². The third-order valence-electron chi connectivity index (χ3n) is 10.9. The molecule has 5 aliphatic rings. The van der Waals surface area contributed by atoms with Gasteiger partial charge >= 0.3 is 0 Å². The molecular weight excluding hydrogens is 468 g/mol. The van der Waals surface area contributed by atoms with Gasteiger partial charge in [0.15, 0.2) is 0 Å². The zero-order valence-corrected chi connectivity index (χ0v) is 22.4. The van der Waals surface area contributed by atoms with Crippen molar-refractivity contribution in [3.8, 4) is 0 Å². The Morgan fingerprint density at radius 2 is 1.97 bits per heavy atom. The zero-order valence-electron chi connectivity index (χ0n) is 21.6. The quantitative estimate of drug-likeness (QED) is 0.675. The summed E-state index contributed by atoms with van der Waals surface area (Å²) in [5.74, 6) is 0.988. The lowest BCUT2D eigenvalue weighted by atomic mass is 9.58. The van der Waals surface area contributed by atoms with Crippen LogP contribution in [0.2, 0.25) is 0 Å². The van der Waals surface area contributed by atoms with E-state index in [4.69, 9.17) is 4.74 Å². The van der Waals surface area contributed by atoms with Gasteiger partial charge in [0.2, 0.25) is 0 Å². The summed E-state index contributed by atoms with van der Waals surface area (Å²) in [5, 5.41) is 2.47. The Balaban J connectivity index is 1.25. The van der Waals surface area contributed by atoms with E-state index in [2.05, 4.69) is 48.3 Å². The Labute approximate surface area is 214 Å². The topological polar surface area (TPSA) is 60.7 Å². The number of ether oxygens (including phenoxy) is 1. The number of quaternary nitrogens is 1. The molecule has 7 unspecified atom stereocenters. The number of hydrogen-bond donors (Lipinski definition) is 1. The van der Waals surface area contributed by atoms with Crippen molar-refractivity contribution in [2.24, 2.45) is 11.3 Å². The van der Waals surface area contributed by atoms with Crippen LogP contribution < -0.4 is 4.31 Å². The van der Waals surface area contributed by atoms with Crippen molar-refractivity contribution in [3.63, 3.8) is 0 Å². The second kappa shape index (κ2) is 7.52. The molecule has 5 nitrogen and oxygen atoms in total. The lowest BCUT2D eigenvalue weighted by molar-refractivity contribution is -0.777. The molecule has 0 radical (unpaired) electrons. The highest BCUT2D eigenvalue weighted by atomic mass is 32.2. The fourth-order valence-electron chi connectivity index (χ4n) is 8.93. The van der Waals surface area contributed by atoms with Gasteiger partial charge in [-0.15, -0.1) is 0 Å². The smallest absolute Gasteiger partial charge is 0.292 e. The van der Waals surface area contributed by atoms with Crippen molar-refractivity contribution >= 4 is 20.8 Å². The Kier molecular flexibility index (Phi) is 4.83.